The Kier molecular flexibility index (Phi) is 5.50. The van der Waals surface area contributed by atoms with Crippen molar-refractivity contribution in [2.75, 3.05) is 6.54 Å². The van der Waals surface area contributed by atoms with Crippen molar-refractivity contribution in [1.82, 2.24) is 4.90 Å². The number of furan rings is 1. The molecular weight excluding hydrogens is 380 g/mol. The lowest BCUT2D eigenvalue weighted by atomic mass is 9.94. The van der Waals surface area contributed by atoms with Crippen LogP contribution in [0.3, 0.4) is 0 Å². The Labute approximate surface area is 166 Å². The quantitative estimate of drug-likeness (QED) is 0.629. The summed E-state index contributed by atoms with van der Waals surface area (Å²) in [4.78, 5) is 26.0. The minimum absolute atomic E-state index is 0.129. The first-order valence-corrected chi connectivity index (χ1v) is 8.92. The van der Waals surface area contributed by atoms with E-state index in [1.807, 2.05) is 18.2 Å². The molecule has 1 aromatic heterocycles. The van der Waals surface area contributed by atoms with Crippen LogP contribution in [0.5, 0.6) is 0 Å². The molecule has 0 unspecified atom stereocenters. The van der Waals surface area contributed by atoms with Crippen molar-refractivity contribution < 1.29 is 19.1 Å². The average molecular weight is 397 g/mol. The third-order valence-electron chi connectivity index (χ3n) is 4.31. The second-order valence-corrected chi connectivity index (χ2v) is 6.89. The number of β-amino-alcohol motifs (C(OH)–C–C–N with tert-alkyl or cyclic N) is 1. The second-order valence-electron chi connectivity index (χ2n) is 6.45. The predicted molar refractivity (Wildman–Crippen MR) is 104 cm³/mol. The number of carbonyl (C=O) groups is 2. The molecule has 0 saturated heterocycles. The lowest BCUT2D eigenvalue weighted by Gasteiger charge is -2.28. The molecule has 7 heteroatoms. The predicted octanol–water partition coefficient (Wildman–Crippen LogP) is 3.57. The minimum atomic E-state index is -0.910. The van der Waals surface area contributed by atoms with Gasteiger partial charge >= 0.3 is 0 Å². The first kappa shape index (κ1) is 19.6. The number of aliphatic hydroxyl groups excluding tert-OH is 1. The molecule has 0 radical (unpaired) electrons. The Bertz CT molecular complexity index is 1040. The zero-order valence-electron chi connectivity index (χ0n) is 15.3. The maximum Gasteiger partial charge on any atom is 0.271 e. The molecule has 2 heterocycles. The minimum Gasteiger partial charge on any atom is -0.457 e. The summed E-state index contributed by atoms with van der Waals surface area (Å²) < 4.78 is 5.79. The molecule has 0 fully saturated rings. The van der Waals surface area contributed by atoms with Crippen molar-refractivity contribution in [2.45, 2.75) is 20.0 Å². The van der Waals surface area contributed by atoms with Gasteiger partial charge in [0.05, 0.1) is 12.6 Å². The topological polar surface area (TPSA) is 94.5 Å². The van der Waals surface area contributed by atoms with E-state index < -0.39 is 17.9 Å². The summed E-state index contributed by atoms with van der Waals surface area (Å²) >= 11 is 5.90. The zero-order valence-corrected chi connectivity index (χ0v) is 16.0. The number of benzene rings is 1. The molecule has 0 saturated carbocycles. The second kappa shape index (κ2) is 7.85. The highest BCUT2D eigenvalue weighted by atomic mass is 35.5. The van der Waals surface area contributed by atoms with Crippen LogP contribution >= 0.6 is 11.6 Å². The molecule has 3 rings (SSSR count). The molecule has 1 aliphatic rings. The van der Waals surface area contributed by atoms with E-state index in [2.05, 4.69) is 0 Å². The van der Waals surface area contributed by atoms with E-state index in [9.17, 15) is 20.0 Å². The molecule has 0 aliphatic carbocycles. The van der Waals surface area contributed by atoms with Gasteiger partial charge in [-0.2, -0.15) is 5.26 Å². The van der Waals surface area contributed by atoms with Crippen LogP contribution in [0.15, 0.2) is 57.5 Å². The number of hydrogen-bond acceptors (Lipinski definition) is 5. The van der Waals surface area contributed by atoms with Crippen LogP contribution in [0.25, 0.3) is 17.4 Å². The number of nitriles is 1. The largest absolute Gasteiger partial charge is 0.457 e. The molecule has 0 bridgehead atoms. The Morgan fingerprint density at radius 1 is 1.21 bits per heavy atom. The lowest BCUT2D eigenvalue weighted by Crippen LogP contribution is -2.45. The van der Waals surface area contributed by atoms with E-state index in [0.717, 1.165) is 10.5 Å². The van der Waals surface area contributed by atoms with Gasteiger partial charge in [-0.15, -0.1) is 0 Å². The third-order valence-corrected chi connectivity index (χ3v) is 4.57. The summed E-state index contributed by atoms with van der Waals surface area (Å²) in [6.45, 7) is 2.82. The molecule has 2 aromatic rings. The molecule has 1 N–H and O–H groups in total. The van der Waals surface area contributed by atoms with Crippen molar-refractivity contribution in [3.05, 3.63) is 63.9 Å². The number of halogens is 1. The third kappa shape index (κ3) is 3.77. The number of hydrogen-bond donors (Lipinski definition) is 1. The van der Waals surface area contributed by atoms with Crippen LogP contribution in [0.4, 0.5) is 0 Å². The van der Waals surface area contributed by atoms with Gasteiger partial charge in [-0.25, -0.2) is 0 Å². The number of amides is 2. The van der Waals surface area contributed by atoms with Gasteiger partial charge in [-0.1, -0.05) is 11.6 Å². The van der Waals surface area contributed by atoms with Crippen molar-refractivity contribution in [1.29, 1.82) is 5.26 Å². The highest BCUT2D eigenvalue weighted by Gasteiger charge is 2.36. The highest BCUT2D eigenvalue weighted by Crippen LogP contribution is 2.29. The fourth-order valence-electron chi connectivity index (χ4n) is 2.90. The van der Waals surface area contributed by atoms with Crippen molar-refractivity contribution >= 4 is 29.5 Å². The van der Waals surface area contributed by atoms with Gasteiger partial charge in [0.15, 0.2) is 0 Å². The van der Waals surface area contributed by atoms with Gasteiger partial charge in [0.2, 0.25) is 0 Å². The van der Waals surface area contributed by atoms with E-state index in [4.69, 9.17) is 16.0 Å². The molecular formula is C21H17ClN2O4. The Balaban J connectivity index is 2.01. The standard InChI is InChI=1S/C21H17ClN2O4/c1-12(25)11-24-20(26)17(13(2)18(10-23)21(24)27)9-16-7-8-19(28-16)14-3-5-15(22)6-4-14/h3-9,12,25H,11H2,1-2H3/t12-/m0/s1. The Morgan fingerprint density at radius 2 is 1.89 bits per heavy atom. The molecule has 1 aliphatic heterocycles. The van der Waals surface area contributed by atoms with E-state index in [1.54, 1.807) is 31.2 Å². The molecule has 6 nitrogen and oxygen atoms in total. The van der Waals surface area contributed by atoms with E-state index in [1.165, 1.54) is 13.0 Å². The van der Waals surface area contributed by atoms with Crippen LogP contribution in [0.2, 0.25) is 5.02 Å². The van der Waals surface area contributed by atoms with Crippen molar-refractivity contribution in [3.8, 4) is 17.4 Å². The van der Waals surface area contributed by atoms with Crippen LogP contribution in [-0.2, 0) is 9.59 Å². The summed E-state index contributed by atoms with van der Waals surface area (Å²) in [5, 5.41) is 19.5. The van der Waals surface area contributed by atoms with Crippen molar-refractivity contribution in [3.63, 3.8) is 0 Å². The fraction of sp³-hybridized carbons (Fsp3) is 0.190. The molecule has 1 atom stereocenters. The van der Waals surface area contributed by atoms with E-state index >= 15 is 0 Å². The number of carbonyl (C=O) groups excluding carboxylic acids is 2. The van der Waals surface area contributed by atoms with E-state index in [-0.39, 0.29) is 23.3 Å². The molecule has 28 heavy (non-hydrogen) atoms. The molecule has 0 spiro atoms. The van der Waals surface area contributed by atoms with Gasteiger partial charge < -0.3 is 9.52 Å². The number of rotatable bonds is 4. The van der Waals surface area contributed by atoms with Crippen molar-refractivity contribution in [2.24, 2.45) is 0 Å². The molecule has 2 amide bonds. The zero-order chi connectivity index (χ0) is 20.4. The summed E-state index contributed by atoms with van der Waals surface area (Å²) in [6, 6.07) is 12.4. The van der Waals surface area contributed by atoms with Gasteiger partial charge in [-0.3, -0.25) is 14.5 Å². The van der Waals surface area contributed by atoms with Crippen LogP contribution < -0.4 is 0 Å². The number of nitrogens with zero attached hydrogens (tertiary/aromatic N) is 2. The Hall–Kier alpha value is -3.14. The highest BCUT2D eigenvalue weighted by molar-refractivity contribution is 6.30. The van der Waals surface area contributed by atoms with Gasteiger partial charge in [0.25, 0.3) is 11.8 Å². The lowest BCUT2D eigenvalue weighted by molar-refractivity contribution is -0.141. The first-order chi connectivity index (χ1) is 13.3. The monoisotopic (exact) mass is 396 g/mol. The van der Waals surface area contributed by atoms with Gasteiger partial charge in [0, 0.05) is 16.2 Å². The normalized spacial score (nSPS) is 17.2. The molecule has 1 aromatic carbocycles. The van der Waals surface area contributed by atoms with Crippen LogP contribution in [0, 0.1) is 11.3 Å². The van der Waals surface area contributed by atoms with Crippen LogP contribution in [-0.4, -0.2) is 34.5 Å². The molecule has 142 valence electrons. The first-order valence-electron chi connectivity index (χ1n) is 8.55. The Morgan fingerprint density at radius 3 is 2.50 bits per heavy atom. The average Bonchev–Trinajstić information content (AvgIpc) is 3.12. The van der Waals surface area contributed by atoms with Crippen LogP contribution in [0.1, 0.15) is 19.6 Å². The SMILES string of the molecule is CC1=C(C#N)C(=O)N(C[C@H](C)O)C(=O)C1=Cc1ccc(-c2ccc(Cl)cc2)o1. The fourth-order valence-corrected chi connectivity index (χ4v) is 3.03. The van der Waals surface area contributed by atoms with Gasteiger partial charge in [0.1, 0.15) is 23.2 Å². The number of aliphatic hydroxyl groups is 1. The maximum absolute atomic E-state index is 12.8. The summed E-state index contributed by atoms with van der Waals surface area (Å²) in [7, 11) is 0. The summed E-state index contributed by atoms with van der Waals surface area (Å²) in [5.74, 6) is -0.293. The number of imide groups is 1. The van der Waals surface area contributed by atoms with E-state index in [0.29, 0.717) is 16.5 Å². The maximum atomic E-state index is 12.8. The summed E-state index contributed by atoms with van der Waals surface area (Å²) in [5.41, 5.74) is 1.15. The van der Waals surface area contributed by atoms with Gasteiger partial charge in [-0.05, 0) is 61.9 Å². The summed E-state index contributed by atoms with van der Waals surface area (Å²) in [6.07, 6.45) is 0.586. The smallest absolute Gasteiger partial charge is 0.271 e.